The van der Waals surface area contributed by atoms with Crippen molar-refractivity contribution >= 4 is 16.9 Å². The quantitative estimate of drug-likeness (QED) is 0.730. The van der Waals surface area contributed by atoms with Crippen LogP contribution in [0.5, 0.6) is 0 Å². The van der Waals surface area contributed by atoms with Crippen LogP contribution >= 0.6 is 11.8 Å². The highest BCUT2D eigenvalue weighted by Crippen LogP contribution is 2.28. The van der Waals surface area contributed by atoms with Crippen molar-refractivity contribution in [1.82, 2.24) is 5.32 Å². The summed E-state index contributed by atoms with van der Waals surface area (Å²) < 4.78 is 5.53. The first-order valence-electron chi connectivity index (χ1n) is 5.69. The first kappa shape index (κ1) is 11.3. The SMILES string of the molecule is CC1(C)CSC(=NCCOCC2CC2)N1. The van der Waals surface area contributed by atoms with Gasteiger partial charge in [0.05, 0.1) is 13.2 Å². The van der Waals surface area contributed by atoms with Crippen molar-refractivity contribution in [1.29, 1.82) is 0 Å². The molecule has 86 valence electrons. The Balaban J connectivity index is 1.57. The highest BCUT2D eigenvalue weighted by molar-refractivity contribution is 8.14. The molecule has 1 aliphatic carbocycles. The highest BCUT2D eigenvalue weighted by atomic mass is 32.2. The van der Waals surface area contributed by atoms with Gasteiger partial charge in [-0.05, 0) is 32.6 Å². The normalized spacial score (nSPS) is 26.9. The summed E-state index contributed by atoms with van der Waals surface area (Å²) in [6.07, 6.45) is 2.72. The molecule has 0 atom stereocenters. The predicted molar refractivity (Wildman–Crippen MR) is 65.5 cm³/mol. The fourth-order valence-electron chi connectivity index (χ4n) is 1.44. The molecule has 2 fully saturated rings. The molecule has 0 aromatic rings. The van der Waals surface area contributed by atoms with Gasteiger partial charge in [0, 0.05) is 17.9 Å². The summed E-state index contributed by atoms with van der Waals surface area (Å²) in [7, 11) is 0. The average molecular weight is 228 g/mol. The number of rotatable bonds is 5. The van der Waals surface area contributed by atoms with Crippen LogP contribution in [0.4, 0.5) is 0 Å². The monoisotopic (exact) mass is 228 g/mol. The zero-order valence-corrected chi connectivity index (χ0v) is 10.4. The Bertz CT molecular complexity index is 249. The van der Waals surface area contributed by atoms with Crippen LogP contribution in [-0.2, 0) is 4.74 Å². The van der Waals surface area contributed by atoms with Crippen molar-refractivity contribution in [3.05, 3.63) is 0 Å². The fourth-order valence-corrected chi connectivity index (χ4v) is 2.54. The molecule has 1 saturated heterocycles. The number of aliphatic imine (C=N–C) groups is 1. The van der Waals surface area contributed by atoms with E-state index in [1.807, 2.05) is 11.8 Å². The molecule has 1 aliphatic heterocycles. The lowest BCUT2D eigenvalue weighted by Crippen LogP contribution is -2.37. The van der Waals surface area contributed by atoms with Crippen molar-refractivity contribution in [2.24, 2.45) is 10.9 Å². The van der Waals surface area contributed by atoms with Crippen LogP contribution in [0.3, 0.4) is 0 Å². The van der Waals surface area contributed by atoms with Gasteiger partial charge >= 0.3 is 0 Å². The van der Waals surface area contributed by atoms with E-state index in [2.05, 4.69) is 24.2 Å². The molecule has 15 heavy (non-hydrogen) atoms. The molecule has 0 unspecified atom stereocenters. The molecule has 0 spiro atoms. The number of hydrogen-bond donors (Lipinski definition) is 1. The Kier molecular flexibility index (Phi) is 3.57. The minimum atomic E-state index is 0.207. The summed E-state index contributed by atoms with van der Waals surface area (Å²) in [6.45, 7) is 6.90. The predicted octanol–water partition coefficient (Wildman–Crippen LogP) is 1.88. The molecule has 0 aromatic heterocycles. The van der Waals surface area contributed by atoms with E-state index in [0.29, 0.717) is 0 Å². The summed E-state index contributed by atoms with van der Waals surface area (Å²) in [5, 5.41) is 4.48. The summed E-state index contributed by atoms with van der Waals surface area (Å²) in [6, 6.07) is 0. The number of nitrogens with zero attached hydrogens (tertiary/aromatic N) is 1. The van der Waals surface area contributed by atoms with Gasteiger partial charge in [-0.25, -0.2) is 0 Å². The van der Waals surface area contributed by atoms with Gasteiger partial charge in [-0.1, -0.05) is 11.8 Å². The van der Waals surface area contributed by atoms with Crippen LogP contribution in [-0.4, -0.2) is 36.2 Å². The van der Waals surface area contributed by atoms with E-state index in [1.54, 1.807) is 0 Å². The van der Waals surface area contributed by atoms with Crippen molar-refractivity contribution in [3.63, 3.8) is 0 Å². The van der Waals surface area contributed by atoms with E-state index in [9.17, 15) is 0 Å². The molecule has 0 aromatic carbocycles. The van der Waals surface area contributed by atoms with Crippen LogP contribution < -0.4 is 5.32 Å². The maximum atomic E-state index is 5.53. The van der Waals surface area contributed by atoms with Gasteiger partial charge in [0.1, 0.15) is 0 Å². The maximum Gasteiger partial charge on any atom is 0.157 e. The van der Waals surface area contributed by atoms with E-state index in [0.717, 1.165) is 36.6 Å². The molecule has 1 heterocycles. The average Bonchev–Trinajstić information content (AvgIpc) is 2.91. The molecule has 4 heteroatoms. The van der Waals surface area contributed by atoms with E-state index >= 15 is 0 Å². The van der Waals surface area contributed by atoms with Gasteiger partial charge < -0.3 is 10.1 Å². The fraction of sp³-hybridized carbons (Fsp3) is 0.909. The standard InChI is InChI=1S/C11H20N2OS/c1-11(2)8-15-10(13-11)12-5-6-14-7-9-3-4-9/h9H,3-8H2,1-2H3,(H,12,13). The Labute approximate surface area is 96.1 Å². The van der Waals surface area contributed by atoms with Crippen LogP contribution in [0.1, 0.15) is 26.7 Å². The molecule has 0 bridgehead atoms. The third-order valence-electron chi connectivity index (χ3n) is 2.56. The molecule has 2 rings (SSSR count). The summed E-state index contributed by atoms with van der Waals surface area (Å²) in [5.74, 6) is 1.96. The molecule has 2 aliphatic rings. The van der Waals surface area contributed by atoms with Crippen LogP contribution in [0.25, 0.3) is 0 Å². The lowest BCUT2D eigenvalue weighted by molar-refractivity contribution is 0.132. The molecular formula is C11H20N2OS. The number of nitrogens with one attached hydrogen (secondary N) is 1. The third-order valence-corrected chi connectivity index (χ3v) is 3.93. The van der Waals surface area contributed by atoms with Crippen molar-refractivity contribution in [3.8, 4) is 0 Å². The molecular weight excluding hydrogens is 208 g/mol. The zero-order valence-electron chi connectivity index (χ0n) is 9.58. The number of amidine groups is 1. The number of ether oxygens (including phenoxy) is 1. The molecule has 3 nitrogen and oxygen atoms in total. The van der Waals surface area contributed by atoms with E-state index in [4.69, 9.17) is 4.74 Å². The molecule has 1 saturated carbocycles. The Morgan fingerprint density at radius 2 is 2.33 bits per heavy atom. The van der Waals surface area contributed by atoms with Crippen molar-refractivity contribution in [2.45, 2.75) is 32.2 Å². The largest absolute Gasteiger partial charge is 0.379 e. The van der Waals surface area contributed by atoms with Gasteiger partial charge in [-0.15, -0.1) is 0 Å². The van der Waals surface area contributed by atoms with Gasteiger partial charge in [0.2, 0.25) is 0 Å². The second-order valence-electron chi connectivity index (χ2n) is 5.00. The van der Waals surface area contributed by atoms with Gasteiger partial charge in [-0.2, -0.15) is 0 Å². The zero-order chi connectivity index (χ0) is 10.7. The maximum absolute atomic E-state index is 5.53. The number of hydrogen-bond acceptors (Lipinski definition) is 3. The van der Waals surface area contributed by atoms with Crippen molar-refractivity contribution in [2.75, 3.05) is 25.5 Å². The van der Waals surface area contributed by atoms with E-state index in [1.165, 1.54) is 12.8 Å². The Morgan fingerprint density at radius 1 is 1.53 bits per heavy atom. The lowest BCUT2D eigenvalue weighted by Gasteiger charge is -2.15. The second kappa shape index (κ2) is 4.74. The minimum absolute atomic E-state index is 0.207. The van der Waals surface area contributed by atoms with Gasteiger partial charge in [0.15, 0.2) is 5.17 Å². The third kappa shape index (κ3) is 4.03. The minimum Gasteiger partial charge on any atom is -0.379 e. The number of thioether (sulfide) groups is 1. The Hall–Kier alpha value is -0.220. The lowest BCUT2D eigenvalue weighted by atomic mass is 10.1. The Morgan fingerprint density at radius 3 is 2.93 bits per heavy atom. The summed E-state index contributed by atoms with van der Waals surface area (Å²) in [5.41, 5.74) is 0.207. The highest BCUT2D eigenvalue weighted by Gasteiger charge is 2.27. The first-order valence-corrected chi connectivity index (χ1v) is 6.67. The second-order valence-corrected chi connectivity index (χ2v) is 5.97. The molecule has 1 N–H and O–H groups in total. The summed E-state index contributed by atoms with van der Waals surface area (Å²) in [4.78, 5) is 4.48. The topological polar surface area (TPSA) is 33.6 Å². The van der Waals surface area contributed by atoms with Crippen LogP contribution in [0, 0.1) is 5.92 Å². The molecule has 0 radical (unpaired) electrons. The smallest absolute Gasteiger partial charge is 0.157 e. The van der Waals surface area contributed by atoms with Gasteiger partial charge in [-0.3, -0.25) is 4.99 Å². The first-order chi connectivity index (χ1) is 7.16. The van der Waals surface area contributed by atoms with Crippen LogP contribution in [0.2, 0.25) is 0 Å². The van der Waals surface area contributed by atoms with Crippen molar-refractivity contribution < 1.29 is 4.74 Å². The van der Waals surface area contributed by atoms with Crippen LogP contribution in [0.15, 0.2) is 4.99 Å². The van der Waals surface area contributed by atoms with Gasteiger partial charge in [0.25, 0.3) is 0 Å². The van der Waals surface area contributed by atoms with E-state index < -0.39 is 0 Å². The van der Waals surface area contributed by atoms with E-state index in [-0.39, 0.29) is 5.54 Å². The summed E-state index contributed by atoms with van der Waals surface area (Å²) >= 11 is 1.81. The molecule has 0 amide bonds.